The van der Waals surface area contributed by atoms with Gasteiger partial charge in [-0.2, -0.15) is 4.31 Å². The van der Waals surface area contributed by atoms with Crippen LogP contribution in [0.2, 0.25) is 0 Å². The van der Waals surface area contributed by atoms with E-state index in [1.807, 2.05) is 0 Å². The first-order chi connectivity index (χ1) is 9.91. The minimum Gasteiger partial charge on any atom is -0.383 e. The van der Waals surface area contributed by atoms with Crippen LogP contribution in [0.4, 0.5) is 0 Å². The van der Waals surface area contributed by atoms with E-state index in [-0.39, 0.29) is 18.0 Å². The molecule has 0 fully saturated rings. The molecule has 0 aliphatic heterocycles. The summed E-state index contributed by atoms with van der Waals surface area (Å²) in [5.41, 5.74) is 6.00. The zero-order valence-corrected chi connectivity index (χ0v) is 12.9. The Morgan fingerprint density at radius 3 is 2.71 bits per heavy atom. The first-order valence-corrected chi connectivity index (χ1v) is 7.72. The molecule has 1 heterocycles. The second-order valence-electron chi connectivity index (χ2n) is 4.29. The van der Waals surface area contributed by atoms with Crippen molar-refractivity contribution in [1.29, 1.82) is 0 Å². The van der Waals surface area contributed by atoms with Crippen LogP contribution in [0.5, 0.6) is 0 Å². The molecule has 0 unspecified atom stereocenters. The number of rotatable bonds is 8. The predicted molar refractivity (Wildman–Crippen MR) is 76.8 cm³/mol. The quantitative estimate of drug-likeness (QED) is 0.590. The Balaban J connectivity index is 2.70. The maximum atomic E-state index is 12.2. The van der Waals surface area contributed by atoms with Gasteiger partial charge in [0.2, 0.25) is 15.9 Å². The molecule has 0 bridgehead atoms. The number of carbonyl (C=O) groups is 1. The normalized spacial score (nSPS) is 11.6. The molecule has 3 N–H and O–H groups in total. The SMILES string of the molecule is COCCNC(=O)CN(C)S(=O)(=O)c1ccc(CN)nc1. The topological polar surface area (TPSA) is 115 Å². The minimum atomic E-state index is -3.75. The van der Waals surface area contributed by atoms with E-state index in [0.29, 0.717) is 18.8 Å². The van der Waals surface area contributed by atoms with E-state index >= 15 is 0 Å². The zero-order chi connectivity index (χ0) is 15.9. The molecular weight excluding hydrogens is 296 g/mol. The largest absolute Gasteiger partial charge is 0.383 e. The third-order valence-electron chi connectivity index (χ3n) is 2.71. The number of nitrogens with two attached hydrogens (primary N) is 1. The summed E-state index contributed by atoms with van der Waals surface area (Å²) in [5.74, 6) is -0.398. The fourth-order valence-corrected chi connectivity index (χ4v) is 2.57. The van der Waals surface area contributed by atoms with Crippen LogP contribution < -0.4 is 11.1 Å². The molecule has 1 amide bonds. The molecule has 0 aliphatic rings. The van der Waals surface area contributed by atoms with Crippen molar-refractivity contribution in [1.82, 2.24) is 14.6 Å². The van der Waals surface area contributed by atoms with E-state index in [0.717, 1.165) is 4.31 Å². The molecular formula is C12H20N4O4S. The van der Waals surface area contributed by atoms with Crippen molar-refractivity contribution in [2.45, 2.75) is 11.4 Å². The van der Waals surface area contributed by atoms with Gasteiger partial charge in [-0.25, -0.2) is 8.42 Å². The number of hydrogen-bond acceptors (Lipinski definition) is 6. The maximum absolute atomic E-state index is 12.2. The Morgan fingerprint density at radius 2 is 2.19 bits per heavy atom. The molecule has 118 valence electrons. The smallest absolute Gasteiger partial charge is 0.244 e. The molecule has 0 saturated carbocycles. The number of nitrogens with one attached hydrogen (secondary N) is 1. The minimum absolute atomic E-state index is 0.0203. The maximum Gasteiger partial charge on any atom is 0.244 e. The van der Waals surface area contributed by atoms with Crippen LogP contribution in [-0.2, 0) is 26.1 Å². The molecule has 0 aliphatic carbocycles. The first kappa shape index (κ1) is 17.5. The van der Waals surface area contributed by atoms with Gasteiger partial charge in [0.05, 0.1) is 18.8 Å². The Kier molecular flexibility index (Phi) is 6.69. The monoisotopic (exact) mass is 316 g/mol. The molecule has 1 rings (SSSR count). The fraction of sp³-hybridized carbons (Fsp3) is 0.500. The number of nitrogens with zero attached hydrogens (tertiary/aromatic N) is 2. The van der Waals surface area contributed by atoms with Crippen molar-refractivity contribution in [3.8, 4) is 0 Å². The molecule has 0 radical (unpaired) electrons. The average molecular weight is 316 g/mol. The van der Waals surface area contributed by atoms with Crippen LogP contribution in [0.15, 0.2) is 23.2 Å². The molecule has 21 heavy (non-hydrogen) atoms. The van der Waals surface area contributed by atoms with E-state index < -0.39 is 15.9 Å². The number of aromatic nitrogens is 1. The van der Waals surface area contributed by atoms with E-state index in [9.17, 15) is 13.2 Å². The number of amides is 1. The van der Waals surface area contributed by atoms with Crippen molar-refractivity contribution in [2.24, 2.45) is 5.73 Å². The van der Waals surface area contributed by atoms with Crippen LogP contribution in [-0.4, -0.2) is 57.5 Å². The lowest BCUT2D eigenvalue weighted by Gasteiger charge is -2.16. The van der Waals surface area contributed by atoms with Crippen molar-refractivity contribution < 1.29 is 17.9 Å². The van der Waals surface area contributed by atoms with Crippen molar-refractivity contribution >= 4 is 15.9 Å². The van der Waals surface area contributed by atoms with Gasteiger partial charge >= 0.3 is 0 Å². The molecule has 9 heteroatoms. The lowest BCUT2D eigenvalue weighted by Crippen LogP contribution is -2.39. The Hall–Kier alpha value is -1.55. The van der Waals surface area contributed by atoms with Crippen LogP contribution in [0.25, 0.3) is 0 Å². The van der Waals surface area contributed by atoms with E-state index in [2.05, 4.69) is 10.3 Å². The summed E-state index contributed by atoms with van der Waals surface area (Å²) in [6.45, 7) is 0.658. The van der Waals surface area contributed by atoms with Gasteiger partial charge in [0.15, 0.2) is 0 Å². The number of sulfonamides is 1. The molecule has 0 atom stereocenters. The summed E-state index contributed by atoms with van der Waals surface area (Å²) in [5, 5.41) is 2.55. The van der Waals surface area contributed by atoms with Crippen molar-refractivity contribution in [3.05, 3.63) is 24.0 Å². The van der Waals surface area contributed by atoms with Crippen LogP contribution >= 0.6 is 0 Å². The van der Waals surface area contributed by atoms with Gasteiger partial charge in [-0.15, -0.1) is 0 Å². The predicted octanol–water partition coefficient (Wildman–Crippen LogP) is -1.08. The number of pyridine rings is 1. The number of methoxy groups -OCH3 is 1. The van der Waals surface area contributed by atoms with E-state index in [1.54, 1.807) is 6.07 Å². The molecule has 0 spiro atoms. The molecule has 1 aromatic rings. The van der Waals surface area contributed by atoms with Crippen molar-refractivity contribution in [3.63, 3.8) is 0 Å². The van der Waals surface area contributed by atoms with Gasteiger partial charge in [-0.3, -0.25) is 9.78 Å². The number of likely N-dealkylation sites (N-methyl/N-ethyl adjacent to an activating group) is 1. The third-order valence-corrected chi connectivity index (χ3v) is 4.50. The Bertz CT molecular complexity index is 559. The summed E-state index contributed by atoms with van der Waals surface area (Å²) < 4.78 is 30.3. The summed E-state index contributed by atoms with van der Waals surface area (Å²) in [6, 6.07) is 2.96. The number of carbonyl (C=O) groups excluding carboxylic acids is 1. The highest BCUT2D eigenvalue weighted by atomic mass is 32.2. The highest BCUT2D eigenvalue weighted by molar-refractivity contribution is 7.89. The zero-order valence-electron chi connectivity index (χ0n) is 12.1. The number of hydrogen-bond donors (Lipinski definition) is 2. The van der Waals surface area contributed by atoms with Crippen LogP contribution in [0.3, 0.4) is 0 Å². The van der Waals surface area contributed by atoms with Gasteiger partial charge in [-0.05, 0) is 12.1 Å². The van der Waals surface area contributed by atoms with Gasteiger partial charge < -0.3 is 15.8 Å². The van der Waals surface area contributed by atoms with Gasteiger partial charge in [-0.1, -0.05) is 0 Å². The Morgan fingerprint density at radius 1 is 1.48 bits per heavy atom. The summed E-state index contributed by atoms with van der Waals surface area (Å²) in [4.78, 5) is 15.6. The molecule has 0 aromatic carbocycles. The lowest BCUT2D eigenvalue weighted by molar-refractivity contribution is -0.121. The summed E-state index contributed by atoms with van der Waals surface area (Å²) in [7, 11) is -0.902. The van der Waals surface area contributed by atoms with E-state index in [1.165, 1.54) is 26.4 Å². The van der Waals surface area contributed by atoms with Crippen LogP contribution in [0, 0.1) is 0 Å². The van der Waals surface area contributed by atoms with E-state index in [4.69, 9.17) is 10.5 Å². The van der Waals surface area contributed by atoms with Crippen LogP contribution in [0.1, 0.15) is 5.69 Å². The molecule has 1 aromatic heterocycles. The lowest BCUT2D eigenvalue weighted by atomic mass is 10.4. The summed E-state index contributed by atoms with van der Waals surface area (Å²) in [6.07, 6.45) is 1.23. The van der Waals surface area contributed by atoms with Crippen molar-refractivity contribution in [2.75, 3.05) is 33.9 Å². The second-order valence-corrected chi connectivity index (χ2v) is 6.34. The van der Waals surface area contributed by atoms with Gasteiger partial charge in [0.1, 0.15) is 4.90 Å². The van der Waals surface area contributed by atoms with Gasteiger partial charge in [0, 0.05) is 33.4 Å². The highest BCUT2D eigenvalue weighted by Crippen LogP contribution is 2.13. The summed E-state index contributed by atoms with van der Waals surface area (Å²) >= 11 is 0. The number of ether oxygens (including phenoxy) is 1. The fourth-order valence-electron chi connectivity index (χ4n) is 1.50. The second kappa shape index (κ2) is 8.03. The third kappa shape index (κ3) is 5.05. The average Bonchev–Trinajstić information content (AvgIpc) is 2.47. The first-order valence-electron chi connectivity index (χ1n) is 6.28. The highest BCUT2D eigenvalue weighted by Gasteiger charge is 2.23. The standard InChI is InChI=1S/C12H20N4O4S/c1-16(9-12(17)14-5-6-20-2)21(18,19)11-4-3-10(7-13)15-8-11/h3-4,8H,5-7,9,13H2,1-2H3,(H,14,17). The van der Waals surface area contributed by atoms with Gasteiger partial charge in [0.25, 0.3) is 0 Å². The molecule has 0 saturated heterocycles. The molecule has 8 nitrogen and oxygen atoms in total. The Labute approximate surface area is 124 Å².